The second-order valence-corrected chi connectivity index (χ2v) is 6.48. The van der Waals surface area contributed by atoms with Gasteiger partial charge in [-0.2, -0.15) is 16.9 Å². The van der Waals surface area contributed by atoms with E-state index in [0.717, 1.165) is 53.1 Å². The summed E-state index contributed by atoms with van der Waals surface area (Å²) in [6, 6.07) is 0. The minimum atomic E-state index is 0.744. The van der Waals surface area contributed by atoms with Gasteiger partial charge < -0.3 is 5.32 Å². The van der Waals surface area contributed by atoms with Gasteiger partial charge in [-0.1, -0.05) is 27.2 Å². The molecule has 0 saturated carbocycles. The maximum absolute atomic E-state index is 4.68. The predicted molar refractivity (Wildman–Crippen MR) is 90.7 cm³/mol. The van der Waals surface area contributed by atoms with Gasteiger partial charge in [0, 0.05) is 13.6 Å². The summed E-state index contributed by atoms with van der Waals surface area (Å²) in [6.07, 6.45) is 4.13. The largest absolute Gasteiger partial charge is 0.369 e. The number of fused-ring (bicyclic) bond motifs is 1. The van der Waals surface area contributed by atoms with Gasteiger partial charge >= 0.3 is 0 Å². The van der Waals surface area contributed by atoms with E-state index >= 15 is 0 Å². The highest BCUT2D eigenvalue weighted by atomic mass is 32.2. The fourth-order valence-corrected chi connectivity index (χ4v) is 3.05. The summed E-state index contributed by atoms with van der Waals surface area (Å²) >= 11 is 1.91. The summed E-state index contributed by atoms with van der Waals surface area (Å²) in [7, 11) is 1.93. The molecule has 6 heteroatoms. The number of nitrogens with one attached hydrogen (secondary N) is 1. The van der Waals surface area contributed by atoms with Crippen LogP contribution in [0.25, 0.3) is 11.0 Å². The number of hydrogen-bond donors (Lipinski definition) is 1. The van der Waals surface area contributed by atoms with Gasteiger partial charge in [0.15, 0.2) is 5.65 Å². The van der Waals surface area contributed by atoms with E-state index in [9.17, 15) is 0 Å². The number of thioether (sulfide) groups is 1. The molecular weight excluding hydrogens is 282 g/mol. The van der Waals surface area contributed by atoms with Crippen molar-refractivity contribution in [2.75, 3.05) is 17.6 Å². The van der Waals surface area contributed by atoms with E-state index in [4.69, 9.17) is 0 Å². The van der Waals surface area contributed by atoms with Crippen molar-refractivity contribution in [2.24, 2.45) is 13.0 Å². The highest BCUT2D eigenvalue weighted by Crippen LogP contribution is 2.22. The van der Waals surface area contributed by atoms with Gasteiger partial charge in [-0.25, -0.2) is 9.97 Å². The normalized spacial score (nSPS) is 12.8. The monoisotopic (exact) mass is 307 g/mol. The molecule has 2 aromatic rings. The zero-order chi connectivity index (χ0) is 15.2. The van der Waals surface area contributed by atoms with E-state index < -0.39 is 0 Å². The third kappa shape index (κ3) is 4.09. The molecule has 0 spiro atoms. The van der Waals surface area contributed by atoms with Gasteiger partial charge in [0.1, 0.15) is 11.6 Å². The molecule has 21 heavy (non-hydrogen) atoms. The Morgan fingerprint density at radius 1 is 1.33 bits per heavy atom. The first kappa shape index (κ1) is 16.1. The predicted octanol–water partition coefficient (Wildman–Crippen LogP) is 3.46. The van der Waals surface area contributed by atoms with Gasteiger partial charge in [0.05, 0.1) is 17.3 Å². The van der Waals surface area contributed by atoms with Crippen molar-refractivity contribution in [2.45, 2.75) is 39.4 Å². The Balaban J connectivity index is 2.17. The highest BCUT2D eigenvalue weighted by Gasteiger charge is 2.11. The van der Waals surface area contributed by atoms with Crippen LogP contribution >= 0.6 is 11.8 Å². The van der Waals surface area contributed by atoms with E-state index in [1.165, 1.54) is 6.42 Å². The third-order valence-corrected chi connectivity index (χ3v) is 4.78. The van der Waals surface area contributed by atoms with Crippen molar-refractivity contribution < 1.29 is 0 Å². The molecular formula is C15H25N5S. The van der Waals surface area contributed by atoms with E-state index in [0.29, 0.717) is 0 Å². The lowest BCUT2D eigenvalue weighted by Crippen LogP contribution is -2.07. The van der Waals surface area contributed by atoms with Gasteiger partial charge in [-0.05, 0) is 18.1 Å². The van der Waals surface area contributed by atoms with Crippen LogP contribution in [0.4, 0.5) is 5.82 Å². The molecule has 0 radical (unpaired) electrons. The van der Waals surface area contributed by atoms with E-state index in [1.807, 2.05) is 29.7 Å². The second-order valence-electron chi connectivity index (χ2n) is 5.45. The summed E-state index contributed by atoms with van der Waals surface area (Å²) in [5.74, 6) is 4.55. The topological polar surface area (TPSA) is 55.6 Å². The number of aryl methyl sites for hydroxylation is 1. The van der Waals surface area contributed by atoms with Gasteiger partial charge in [-0.15, -0.1) is 0 Å². The number of nitrogens with zero attached hydrogens (tertiary/aromatic N) is 4. The van der Waals surface area contributed by atoms with Crippen LogP contribution in [0, 0.1) is 5.92 Å². The maximum Gasteiger partial charge on any atom is 0.163 e. The number of rotatable bonds is 8. The first-order valence-corrected chi connectivity index (χ1v) is 8.81. The second kappa shape index (κ2) is 7.64. The summed E-state index contributed by atoms with van der Waals surface area (Å²) in [6.45, 7) is 7.58. The molecule has 2 heterocycles. The van der Waals surface area contributed by atoms with Crippen LogP contribution in [0.1, 0.15) is 39.4 Å². The van der Waals surface area contributed by atoms with Crippen molar-refractivity contribution in [1.82, 2.24) is 19.7 Å². The number of aromatic nitrogens is 4. The molecule has 116 valence electrons. The van der Waals surface area contributed by atoms with Gasteiger partial charge in [-0.3, -0.25) is 4.68 Å². The van der Waals surface area contributed by atoms with E-state index in [-0.39, 0.29) is 0 Å². The molecule has 2 rings (SSSR count). The Kier molecular flexibility index (Phi) is 5.85. The zero-order valence-corrected chi connectivity index (χ0v) is 14.2. The van der Waals surface area contributed by atoms with Gasteiger partial charge in [0.2, 0.25) is 0 Å². The quantitative estimate of drug-likeness (QED) is 0.809. The molecule has 0 aliphatic carbocycles. The van der Waals surface area contributed by atoms with Gasteiger partial charge in [0.25, 0.3) is 0 Å². The Hall–Kier alpha value is -1.30. The van der Waals surface area contributed by atoms with Crippen LogP contribution in [0.5, 0.6) is 0 Å². The lowest BCUT2D eigenvalue weighted by Gasteiger charge is -2.09. The van der Waals surface area contributed by atoms with Crippen molar-refractivity contribution >= 4 is 28.6 Å². The molecule has 0 amide bonds. The van der Waals surface area contributed by atoms with Crippen molar-refractivity contribution in [3.8, 4) is 0 Å². The summed E-state index contributed by atoms with van der Waals surface area (Å²) < 4.78 is 1.82. The van der Waals surface area contributed by atoms with Crippen molar-refractivity contribution in [3.63, 3.8) is 0 Å². The Labute approximate surface area is 130 Å². The number of hydrogen-bond acceptors (Lipinski definition) is 5. The number of anilines is 1. The SMILES string of the molecule is CCCNc1nc(CSCC(C)CC)nc2c1cnn2C. The van der Waals surface area contributed by atoms with Crippen LogP contribution in [-0.2, 0) is 12.8 Å². The molecule has 0 aromatic carbocycles. The molecule has 0 fully saturated rings. The zero-order valence-electron chi connectivity index (χ0n) is 13.4. The molecule has 0 bridgehead atoms. The first-order chi connectivity index (χ1) is 10.2. The van der Waals surface area contributed by atoms with Crippen LogP contribution in [0.2, 0.25) is 0 Å². The standard InChI is InChI=1S/C15H25N5S/c1-5-7-16-14-12-8-17-20(4)15(12)19-13(18-14)10-21-9-11(3)6-2/h8,11H,5-7,9-10H2,1-4H3,(H,16,18,19). The minimum absolute atomic E-state index is 0.744. The Bertz CT molecular complexity index is 581. The van der Waals surface area contributed by atoms with E-state index in [1.54, 1.807) is 0 Å². The minimum Gasteiger partial charge on any atom is -0.369 e. The molecule has 0 aliphatic heterocycles. The molecule has 0 aliphatic rings. The molecule has 2 aromatic heterocycles. The van der Waals surface area contributed by atoms with Crippen LogP contribution < -0.4 is 5.32 Å². The molecule has 1 atom stereocenters. The third-order valence-electron chi connectivity index (χ3n) is 3.51. The molecule has 0 saturated heterocycles. The van der Waals surface area contributed by atoms with E-state index in [2.05, 4.69) is 41.2 Å². The summed E-state index contributed by atoms with van der Waals surface area (Å²) in [4.78, 5) is 9.33. The lowest BCUT2D eigenvalue weighted by molar-refractivity contribution is 0.636. The first-order valence-electron chi connectivity index (χ1n) is 7.65. The Morgan fingerprint density at radius 3 is 2.86 bits per heavy atom. The Morgan fingerprint density at radius 2 is 2.14 bits per heavy atom. The van der Waals surface area contributed by atoms with Crippen LogP contribution in [0.3, 0.4) is 0 Å². The highest BCUT2D eigenvalue weighted by molar-refractivity contribution is 7.98. The van der Waals surface area contributed by atoms with Crippen LogP contribution in [-0.4, -0.2) is 32.0 Å². The average molecular weight is 307 g/mol. The molecule has 1 N–H and O–H groups in total. The average Bonchev–Trinajstić information content (AvgIpc) is 2.86. The summed E-state index contributed by atoms with van der Waals surface area (Å²) in [5.41, 5.74) is 0.905. The van der Waals surface area contributed by atoms with Crippen molar-refractivity contribution in [1.29, 1.82) is 0 Å². The van der Waals surface area contributed by atoms with Crippen LogP contribution in [0.15, 0.2) is 6.20 Å². The fourth-order valence-electron chi connectivity index (χ4n) is 1.98. The lowest BCUT2D eigenvalue weighted by atomic mass is 10.2. The van der Waals surface area contributed by atoms with Crippen molar-refractivity contribution in [3.05, 3.63) is 12.0 Å². The fraction of sp³-hybridized carbons (Fsp3) is 0.667. The smallest absolute Gasteiger partial charge is 0.163 e. The molecule has 5 nitrogen and oxygen atoms in total. The molecule has 1 unspecified atom stereocenters. The summed E-state index contributed by atoms with van der Waals surface area (Å²) in [5, 5.41) is 8.68. The maximum atomic E-state index is 4.68.